The van der Waals surface area contributed by atoms with E-state index in [9.17, 15) is 10.1 Å². The fourth-order valence-electron chi connectivity index (χ4n) is 3.02. The first-order chi connectivity index (χ1) is 14.1. The number of amides is 1. The van der Waals surface area contributed by atoms with Crippen molar-refractivity contribution in [3.05, 3.63) is 95.3 Å². The molecule has 0 atom stereocenters. The SMILES string of the molecule is Cc1ccc(C(=O)Nc2cccc(C=C(C#N)c3nc4ccccc4[nH]3)c2)cc1. The molecule has 0 unspecified atom stereocenters. The molecule has 0 aliphatic rings. The predicted octanol–water partition coefficient (Wildman–Crippen LogP) is 5.19. The Kier molecular flexibility index (Phi) is 4.91. The van der Waals surface area contributed by atoms with E-state index in [1.165, 1.54) is 0 Å². The largest absolute Gasteiger partial charge is 0.337 e. The van der Waals surface area contributed by atoms with Crippen LogP contribution in [0, 0.1) is 18.3 Å². The van der Waals surface area contributed by atoms with E-state index in [1.54, 1.807) is 18.2 Å². The molecular formula is C24H18N4O. The van der Waals surface area contributed by atoms with Gasteiger partial charge in [0.05, 0.1) is 16.6 Å². The first-order valence-corrected chi connectivity index (χ1v) is 9.17. The number of para-hydroxylation sites is 2. The summed E-state index contributed by atoms with van der Waals surface area (Å²) in [6.45, 7) is 1.98. The van der Waals surface area contributed by atoms with Crippen LogP contribution in [0.1, 0.15) is 27.3 Å². The van der Waals surface area contributed by atoms with Crippen molar-refractivity contribution in [3.8, 4) is 6.07 Å². The highest BCUT2D eigenvalue weighted by Crippen LogP contribution is 2.21. The van der Waals surface area contributed by atoms with Crippen LogP contribution in [0.15, 0.2) is 72.8 Å². The van der Waals surface area contributed by atoms with Crippen molar-refractivity contribution in [2.24, 2.45) is 0 Å². The average molecular weight is 378 g/mol. The number of anilines is 1. The van der Waals surface area contributed by atoms with Gasteiger partial charge in [0.25, 0.3) is 5.91 Å². The summed E-state index contributed by atoms with van der Waals surface area (Å²) in [5, 5.41) is 12.5. The standard InChI is InChI=1S/C24H18N4O/c1-16-9-11-18(12-10-16)24(29)26-20-6-4-5-17(14-20)13-19(15-25)23-27-21-7-2-3-8-22(21)28-23/h2-14H,1H3,(H,26,29)(H,27,28). The van der Waals surface area contributed by atoms with Crippen LogP contribution >= 0.6 is 0 Å². The van der Waals surface area contributed by atoms with E-state index in [-0.39, 0.29) is 5.91 Å². The monoisotopic (exact) mass is 378 g/mol. The molecule has 5 heteroatoms. The topological polar surface area (TPSA) is 81.6 Å². The molecule has 0 bridgehead atoms. The molecule has 4 rings (SSSR count). The fourth-order valence-corrected chi connectivity index (χ4v) is 3.02. The number of imidazole rings is 1. The van der Waals surface area contributed by atoms with Crippen LogP contribution in [-0.2, 0) is 0 Å². The first kappa shape index (κ1) is 18.2. The summed E-state index contributed by atoms with van der Waals surface area (Å²) in [4.78, 5) is 20.1. The van der Waals surface area contributed by atoms with Gasteiger partial charge in [-0.2, -0.15) is 5.26 Å². The van der Waals surface area contributed by atoms with Gasteiger partial charge in [-0.1, -0.05) is 42.0 Å². The average Bonchev–Trinajstić information content (AvgIpc) is 3.17. The number of carbonyl (C=O) groups excluding carboxylic acids is 1. The zero-order valence-electron chi connectivity index (χ0n) is 15.8. The van der Waals surface area contributed by atoms with Gasteiger partial charge in [-0.05, 0) is 55.0 Å². The molecule has 0 fully saturated rings. The van der Waals surface area contributed by atoms with E-state index in [0.717, 1.165) is 22.2 Å². The van der Waals surface area contributed by atoms with Gasteiger partial charge in [0.1, 0.15) is 11.9 Å². The van der Waals surface area contributed by atoms with Crippen molar-refractivity contribution in [2.75, 3.05) is 5.32 Å². The van der Waals surface area contributed by atoms with Crippen LogP contribution in [0.25, 0.3) is 22.7 Å². The molecule has 0 saturated carbocycles. The number of hydrogen-bond acceptors (Lipinski definition) is 3. The van der Waals surface area contributed by atoms with Gasteiger partial charge in [-0.15, -0.1) is 0 Å². The van der Waals surface area contributed by atoms with Gasteiger partial charge in [0, 0.05) is 11.3 Å². The third-order valence-electron chi connectivity index (χ3n) is 4.53. The van der Waals surface area contributed by atoms with Gasteiger partial charge >= 0.3 is 0 Å². The highest BCUT2D eigenvalue weighted by Gasteiger charge is 2.09. The second kappa shape index (κ2) is 7.83. The molecule has 5 nitrogen and oxygen atoms in total. The lowest BCUT2D eigenvalue weighted by Gasteiger charge is -2.06. The highest BCUT2D eigenvalue weighted by atomic mass is 16.1. The van der Waals surface area contributed by atoms with Gasteiger partial charge in [0.15, 0.2) is 0 Å². The minimum Gasteiger partial charge on any atom is -0.337 e. The summed E-state index contributed by atoms with van der Waals surface area (Å²) >= 11 is 0. The molecule has 0 aliphatic heterocycles. The third-order valence-corrected chi connectivity index (χ3v) is 4.53. The molecule has 1 aromatic heterocycles. The second-order valence-electron chi connectivity index (χ2n) is 6.72. The lowest BCUT2D eigenvalue weighted by Crippen LogP contribution is -2.11. The zero-order valence-corrected chi connectivity index (χ0v) is 15.8. The number of carbonyl (C=O) groups is 1. The molecule has 1 amide bonds. The van der Waals surface area contributed by atoms with E-state index in [4.69, 9.17) is 0 Å². The van der Waals surface area contributed by atoms with Crippen molar-refractivity contribution in [2.45, 2.75) is 6.92 Å². The summed E-state index contributed by atoms with van der Waals surface area (Å²) in [5.41, 5.74) is 5.25. The highest BCUT2D eigenvalue weighted by molar-refractivity contribution is 6.04. The molecule has 3 aromatic carbocycles. The Morgan fingerprint density at radius 3 is 2.62 bits per heavy atom. The lowest BCUT2D eigenvalue weighted by atomic mass is 10.1. The van der Waals surface area contributed by atoms with Crippen molar-refractivity contribution in [3.63, 3.8) is 0 Å². The number of aromatic amines is 1. The van der Waals surface area contributed by atoms with E-state index in [1.807, 2.05) is 67.6 Å². The number of nitrogens with zero attached hydrogens (tertiary/aromatic N) is 2. The molecule has 1 heterocycles. The smallest absolute Gasteiger partial charge is 0.255 e. The Balaban J connectivity index is 1.59. The van der Waals surface area contributed by atoms with Crippen molar-refractivity contribution in [1.29, 1.82) is 5.26 Å². The number of benzene rings is 3. The molecule has 0 spiro atoms. The van der Waals surface area contributed by atoms with Gasteiger partial charge < -0.3 is 10.3 Å². The summed E-state index contributed by atoms with van der Waals surface area (Å²) in [5.74, 6) is 0.340. The van der Waals surface area contributed by atoms with E-state index < -0.39 is 0 Å². The number of nitriles is 1. The minimum atomic E-state index is -0.177. The Bertz CT molecular complexity index is 1230. The maximum Gasteiger partial charge on any atom is 0.255 e. The Hall–Kier alpha value is -4.17. The van der Waals surface area contributed by atoms with E-state index in [0.29, 0.717) is 22.6 Å². The Labute approximate surface area is 168 Å². The summed E-state index contributed by atoms with van der Waals surface area (Å²) < 4.78 is 0. The first-order valence-electron chi connectivity index (χ1n) is 9.17. The molecular weight excluding hydrogens is 360 g/mol. The van der Waals surface area contributed by atoms with Crippen LogP contribution in [0.3, 0.4) is 0 Å². The maximum absolute atomic E-state index is 12.4. The number of allylic oxidation sites excluding steroid dienone is 1. The van der Waals surface area contributed by atoms with Crippen molar-refractivity contribution in [1.82, 2.24) is 9.97 Å². The van der Waals surface area contributed by atoms with Crippen LogP contribution in [-0.4, -0.2) is 15.9 Å². The predicted molar refractivity (Wildman–Crippen MR) is 115 cm³/mol. The van der Waals surface area contributed by atoms with Crippen LogP contribution in [0.5, 0.6) is 0 Å². The third kappa shape index (κ3) is 4.07. The number of aryl methyl sites for hydroxylation is 1. The van der Waals surface area contributed by atoms with E-state index >= 15 is 0 Å². The van der Waals surface area contributed by atoms with Crippen molar-refractivity contribution < 1.29 is 4.79 Å². The molecule has 0 aliphatic carbocycles. The summed E-state index contributed by atoms with van der Waals surface area (Å²) in [6, 6.07) is 24.6. The minimum absolute atomic E-state index is 0.177. The summed E-state index contributed by atoms with van der Waals surface area (Å²) in [7, 11) is 0. The molecule has 29 heavy (non-hydrogen) atoms. The lowest BCUT2D eigenvalue weighted by molar-refractivity contribution is 0.102. The van der Waals surface area contributed by atoms with Crippen LogP contribution in [0.4, 0.5) is 5.69 Å². The van der Waals surface area contributed by atoms with Crippen LogP contribution < -0.4 is 5.32 Å². The normalized spacial score (nSPS) is 11.2. The second-order valence-corrected chi connectivity index (χ2v) is 6.72. The Morgan fingerprint density at radius 2 is 1.86 bits per heavy atom. The van der Waals surface area contributed by atoms with Gasteiger partial charge in [0.2, 0.25) is 0 Å². The number of aromatic nitrogens is 2. The van der Waals surface area contributed by atoms with Gasteiger partial charge in [-0.25, -0.2) is 4.98 Å². The van der Waals surface area contributed by atoms with E-state index in [2.05, 4.69) is 21.4 Å². The molecule has 4 aromatic rings. The molecule has 140 valence electrons. The quantitative estimate of drug-likeness (QED) is 0.480. The molecule has 0 saturated heterocycles. The molecule has 0 radical (unpaired) electrons. The van der Waals surface area contributed by atoms with Gasteiger partial charge in [-0.3, -0.25) is 4.79 Å². The summed E-state index contributed by atoms with van der Waals surface area (Å²) in [6.07, 6.45) is 1.75. The van der Waals surface area contributed by atoms with Crippen molar-refractivity contribution >= 4 is 34.3 Å². The number of nitrogens with one attached hydrogen (secondary N) is 2. The molecule has 2 N–H and O–H groups in total. The number of rotatable bonds is 4. The number of fused-ring (bicyclic) bond motifs is 1. The maximum atomic E-state index is 12.4. The fraction of sp³-hybridized carbons (Fsp3) is 0.0417. The number of H-pyrrole nitrogens is 1. The Morgan fingerprint density at radius 1 is 1.07 bits per heavy atom. The van der Waals surface area contributed by atoms with Crippen LogP contribution in [0.2, 0.25) is 0 Å². The zero-order chi connectivity index (χ0) is 20.2. The number of hydrogen-bond donors (Lipinski definition) is 2.